The van der Waals surface area contributed by atoms with E-state index in [1.54, 1.807) is 27.9 Å². The maximum absolute atomic E-state index is 12.8. The molecule has 132 valence electrons. The average Bonchev–Trinajstić information content (AvgIpc) is 3.16. The highest BCUT2D eigenvalue weighted by Gasteiger charge is 2.43. The topological polar surface area (TPSA) is 84.7 Å². The summed E-state index contributed by atoms with van der Waals surface area (Å²) in [4.78, 5) is 26.1. The van der Waals surface area contributed by atoms with Crippen molar-refractivity contribution in [2.45, 2.75) is 12.8 Å². The molecule has 1 aliphatic rings. The number of likely N-dealkylation sites (tertiary alicyclic amines) is 1. The molecule has 1 amide bonds. The van der Waals surface area contributed by atoms with Crippen molar-refractivity contribution in [2.75, 3.05) is 26.8 Å². The minimum atomic E-state index is -1.03. The lowest BCUT2D eigenvalue weighted by Gasteiger charge is -2.39. The second-order valence-corrected chi connectivity index (χ2v) is 6.35. The normalized spacial score (nSPS) is 20.4. The lowest BCUT2D eigenvalue weighted by atomic mass is 9.80. The Balaban J connectivity index is 1.77. The van der Waals surface area contributed by atoms with E-state index in [-0.39, 0.29) is 19.1 Å². The van der Waals surface area contributed by atoms with Gasteiger partial charge in [-0.2, -0.15) is 5.10 Å². The van der Waals surface area contributed by atoms with Crippen molar-refractivity contribution in [1.29, 1.82) is 0 Å². The molecule has 7 nitrogen and oxygen atoms in total. The molecule has 2 aromatic rings. The number of rotatable bonds is 5. The zero-order valence-electron chi connectivity index (χ0n) is 14.1. The van der Waals surface area contributed by atoms with Crippen molar-refractivity contribution >= 4 is 11.9 Å². The summed E-state index contributed by atoms with van der Waals surface area (Å²) >= 11 is 0. The van der Waals surface area contributed by atoms with Crippen LogP contribution in [-0.4, -0.2) is 58.5 Å². The lowest BCUT2D eigenvalue weighted by molar-refractivity contribution is -0.155. The summed E-state index contributed by atoms with van der Waals surface area (Å²) < 4.78 is 6.82. The number of nitrogens with zero attached hydrogens (tertiary/aromatic N) is 3. The van der Waals surface area contributed by atoms with Gasteiger partial charge in [0.05, 0.1) is 12.3 Å². The van der Waals surface area contributed by atoms with E-state index in [9.17, 15) is 14.7 Å². The van der Waals surface area contributed by atoms with Gasteiger partial charge < -0.3 is 14.7 Å². The van der Waals surface area contributed by atoms with E-state index in [1.165, 1.54) is 7.11 Å². The Hall–Kier alpha value is -2.67. The molecule has 0 aliphatic carbocycles. The molecule has 1 aromatic heterocycles. The van der Waals surface area contributed by atoms with Crippen LogP contribution in [0.25, 0.3) is 5.69 Å². The number of aromatic nitrogens is 2. The Morgan fingerprint density at radius 2 is 2.08 bits per heavy atom. The molecule has 1 fully saturated rings. The molecule has 0 bridgehead atoms. The van der Waals surface area contributed by atoms with E-state index in [0.717, 1.165) is 5.69 Å². The Morgan fingerprint density at radius 1 is 1.32 bits per heavy atom. The van der Waals surface area contributed by atoms with Crippen LogP contribution in [0.5, 0.6) is 0 Å². The monoisotopic (exact) mass is 343 g/mol. The summed E-state index contributed by atoms with van der Waals surface area (Å²) in [5.74, 6) is -1.07. The van der Waals surface area contributed by atoms with E-state index < -0.39 is 11.4 Å². The Bertz CT molecular complexity index is 738. The number of hydrogen-bond acceptors (Lipinski definition) is 4. The van der Waals surface area contributed by atoms with Gasteiger partial charge in [0.25, 0.3) is 5.91 Å². The molecule has 1 atom stereocenters. The standard InChI is InChI=1S/C18H21N3O4/c1-25-13-18(17(23)24)8-2-10-20(12-18)16(22)14-4-6-15(7-5-14)21-11-3-9-19-21/h3-7,9,11H,2,8,10,12-13H2,1H3,(H,23,24). The van der Waals surface area contributed by atoms with Gasteiger partial charge in [0.1, 0.15) is 5.41 Å². The predicted octanol–water partition coefficient (Wildman–Crippen LogP) is 1.83. The molecule has 1 aromatic carbocycles. The van der Waals surface area contributed by atoms with Gasteiger partial charge in [-0.05, 0) is 43.2 Å². The number of aliphatic carboxylic acids is 1. The fourth-order valence-electron chi connectivity index (χ4n) is 3.30. The van der Waals surface area contributed by atoms with Crippen LogP contribution in [-0.2, 0) is 9.53 Å². The molecule has 25 heavy (non-hydrogen) atoms. The van der Waals surface area contributed by atoms with Crippen molar-refractivity contribution < 1.29 is 19.4 Å². The molecule has 2 heterocycles. The Labute approximate surface area is 145 Å². The highest BCUT2D eigenvalue weighted by atomic mass is 16.5. The van der Waals surface area contributed by atoms with Gasteiger partial charge in [0.2, 0.25) is 0 Å². The number of methoxy groups -OCH3 is 1. The fraction of sp³-hybridized carbons (Fsp3) is 0.389. The van der Waals surface area contributed by atoms with Gasteiger partial charge >= 0.3 is 5.97 Å². The first-order chi connectivity index (χ1) is 12.1. The van der Waals surface area contributed by atoms with Crippen molar-refractivity contribution in [3.8, 4) is 5.69 Å². The van der Waals surface area contributed by atoms with E-state index in [2.05, 4.69) is 5.10 Å². The molecule has 0 saturated carbocycles. The van der Waals surface area contributed by atoms with Gasteiger partial charge in [0.15, 0.2) is 0 Å². The SMILES string of the molecule is COCC1(C(=O)O)CCCN(C(=O)c2ccc(-n3cccn3)cc2)C1. The second kappa shape index (κ2) is 7.06. The van der Waals surface area contributed by atoms with Crippen LogP contribution in [0, 0.1) is 5.41 Å². The molecular weight excluding hydrogens is 322 g/mol. The minimum Gasteiger partial charge on any atom is -0.481 e. The van der Waals surface area contributed by atoms with Crippen LogP contribution in [0.2, 0.25) is 0 Å². The summed E-state index contributed by atoms with van der Waals surface area (Å²) in [5.41, 5.74) is 0.367. The molecule has 1 aliphatic heterocycles. The van der Waals surface area contributed by atoms with Crippen LogP contribution in [0.1, 0.15) is 23.2 Å². The zero-order chi connectivity index (χ0) is 17.9. The van der Waals surface area contributed by atoms with Crippen LogP contribution in [0.4, 0.5) is 0 Å². The first-order valence-electron chi connectivity index (χ1n) is 8.17. The number of piperidine rings is 1. The second-order valence-electron chi connectivity index (χ2n) is 6.35. The number of benzene rings is 1. The number of hydrogen-bond donors (Lipinski definition) is 1. The summed E-state index contributed by atoms with van der Waals surface area (Å²) in [7, 11) is 1.49. The molecule has 0 spiro atoms. The van der Waals surface area contributed by atoms with Crippen molar-refractivity contribution in [3.05, 3.63) is 48.3 Å². The third-order valence-corrected chi connectivity index (χ3v) is 4.62. The van der Waals surface area contributed by atoms with E-state index >= 15 is 0 Å². The zero-order valence-corrected chi connectivity index (χ0v) is 14.1. The van der Waals surface area contributed by atoms with Crippen LogP contribution in [0.15, 0.2) is 42.7 Å². The summed E-state index contributed by atoms with van der Waals surface area (Å²) in [6.07, 6.45) is 4.67. The van der Waals surface area contributed by atoms with E-state index in [1.807, 2.05) is 24.4 Å². The number of carbonyl (C=O) groups is 2. The number of carboxylic acids is 1. The van der Waals surface area contributed by atoms with Crippen molar-refractivity contribution in [3.63, 3.8) is 0 Å². The molecule has 3 rings (SSSR count). The van der Waals surface area contributed by atoms with E-state index in [0.29, 0.717) is 24.9 Å². The number of carboxylic acid groups (broad SMARTS) is 1. The van der Waals surface area contributed by atoms with Crippen LogP contribution >= 0.6 is 0 Å². The Morgan fingerprint density at radius 3 is 2.68 bits per heavy atom. The average molecular weight is 343 g/mol. The first-order valence-corrected chi connectivity index (χ1v) is 8.17. The summed E-state index contributed by atoms with van der Waals surface area (Å²) in [6.45, 7) is 0.818. The highest BCUT2D eigenvalue weighted by Crippen LogP contribution is 2.31. The van der Waals surface area contributed by atoms with Crippen LogP contribution in [0.3, 0.4) is 0 Å². The number of carbonyl (C=O) groups excluding carboxylic acids is 1. The molecule has 1 N–H and O–H groups in total. The van der Waals surface area contributed by atoms with Gasteiger partial charge in [-0.15, -0.1) is 0 Å². The summed E-state index contributed by atoms with van der Waals surface area (Å²) in [5, 5.41) is 13.8. The van der Waals surface area contributed by atoms with Crippen LogP contribution < -0.4 is 0 Å². The molecule has 1 unspecified atom stereocenters. The maximum atomic E-state index is 12.8. The molecule has 0 radical (unpaired) electrons. The third kappa shape index (κ3) is 3.41. The summed E-state index contributed by atoms with van der Waals surface area (Å²) in [6, 6.07) is 8.96. The molecular formula is C18H21N3O4. The number of ether oxygens (including phenoxy) is 1. The van der Waals surface area contributed by atoms with Crippen molar-refractivity contribution in [2.24, 2.45) is 5.41 Å². The van der Waals surface area contributed by atoms with Gasteiger partial charge in [0, 0.05) is 38.2 Å². The largest absolute Gasteiger partial charge is 0.481 e. The smallest absolute Gasteiger partial charge is 0.313 e. The quantitative estimate of drug-likeness (QED) is 0.895. The lowest BCUT2D eigenvalue weighted by Crippen LogP contribution is -2.52. The molecule has 7 heteroatoms. The predicted molar refractivity (Wildman–Crippen MR) is 90.6 cm³/mol. The number of amides is 1. The first kappa shape index (κ1) is 17.2. The van der Waals surface area contributed by atoms with Gasteiger partial charge in [-0.3, -0.25) is 9.59 Å². The Kier molecular flexibility index (Phi) is 4.85. The van der Waals surface area contributed by atoms with Gasteiger partial charge in [-0.25, -0.2) is 4.68 Å². The third-order valence-electron chi connectivity index (χ3n) is 4.62. The fourth-order valence-corrected chi connectivity index (χ4v) is 3.30. The van der Waals surface area contributed by atoms with Gasteiger partial charge in [-0.1, -0.05) is 0 Å². The molecule has 1 saturated heterocycles. The minimum absolute atomic E-state index is 0.102. The van der Waals surface area contributed by atoms with E-state index in [4.69, 9.17) is 4.74 Å². The van der Waals surface area contributed by atoms with Crippen molar-refractivity contribution in [1.82, 2.24) is 14.7 Å². The maximum Gasteiger partial charge on any atom is 0.313 e. The highest BCUT2D eigenvalue weighted by molar-refractivity contribution is 5.95.